The smallest absolute Gasteiger partial charge is 0.280 e. The first kappa shape index (κ1) is 25.1. The number of fused-ring (bicyclic) bond motifs is 1. The van der Waals surface area contributed by atoms with Crippen LogP contribution in [0.3, 0.4) is 0 Å². The Labute approximate surface area is 206 Å². The predicted molar refractivity (Wildman–Crippen MR) is 137 cm³/mol. The molecule has 2 aliphatic heterocycles. The van der Waals surface area contributed by atoms with E-state index in [2.05, 4.69) is 30.9 Å². The number of piperidine rings is 1. The summed E-state index contributed by atoms with van der Waals surface area (Å²) < 4.78 is 29.3. The lowest BCUT2D eigenvalue weighted by Gasteiger charge is -2.42. The van der Waals surface area contributed by atoms with Crippen molar-refractivity contribution in [1.29, 1.82) is 0 Å². The van der Waals surface area contributed by atoms with Gasteiger partial charge < -0.3 is 9.47 Å². The van der Waals surface area contributed by atoms with E-state index in [-0.39, 0.29) is 29.4 Å². The van der Waals surface area contributed by atoms with Gasteiger partial charge in [-0.1, -0.05) is 39.0 Å². The van der Waals surface area contributed by atoms with Gasteiger partial charge >= 0.3 is 0 Å². The van der Waals surface area contributed by atoms with Gasteiger partial charge in [0, 0.05) is 48.9 Å². The minimum absolute atomic E-state index is 0.0394. The highest BCUT2D eigenvalue weighted by atomic mass is 19.3. The van der Waals surface area contributed by atoms with Gasteiger partial charge in [0.05, 0.1) is 0 Å². The summed E-state index contributed by atoms with van der Waals surface area (Å²) in [5.74, 6) is 0.311. The fraction of sp³-hybridized carbons (Fsp3) is 0.519. The molecule has 1 amide bonds. The van der Waals surface area contributed by atoms with E-state index in [0.29, 0.717) is 24.5 Å². The third-order valence-electron chi connectivity index (χ3n) is 7.36. The minimum Gasteiger partial charge on any atom is -0.340 e. The van der Waals surface area contributed by atoms with Crippen molar-refractivity contribution in [2.75, 3.05) is 13.1 Å². The molecule has 1 aromatic carbocycles. The van der Waals surface area contributed by atoms with Crippen LogP contribution in [0.2, 0.25) is 0 Å². The molecule has 1 aromatic heterocycles. The molecule has 8 heteroatoms. The van der Waals surface area contributed by atoms with E-state index < -0.39 is 12.6 Å². The van der Waals surface area contributed by atoms with Crippen molar-refractivity contribution in [3.63, 3.8) is 0 Å². The summed E-state index contributed by atoms with van der Waals surface area (Å²) in [6.07, 6.45) is 1.89. The van der Waals surface area contributed by atoms with Gasteiger partial charge in [0.2, 0.25) is 0 Å². The summed E-state index contributed by atoms with van der Waals surface area (Å²) in [6, 6.07) is 9.85. The molecule has 0 aliphatic carbocycles. The lowest BCUT2D eigenvalue weighted by atomic mass is 9.83. The molecule has 188 valence electrons. The number of para-hydroxylation sites is 1. The third kappa shape index (κ3) is 5.02. The average Bonchev–Trinajstić information content (AvgIpc) is 3.19. The number of halogens is 2. The topological polar surface area (TPSA) is 53.2 Å². The Morgan fingerprint density at radius 1 is 1.29 bits per heavy atom. The normalized spacial score (nSPS) is 24.3. The summed E-state index contributed by atoms with van der Waals surface area (Å²) in [4.78, 5) is 19.6. The molecule has 0 bridgehead atoms. The molecule has 0 N–H and O–H groups in total. The second kappa shape index (κ2) is 10.3. The number of benzene rings is 1. The number of nitrogens with zero attached hydrogens (tertiary/aromatic N) is 5. The highest BCUT2D eigenvalue weighted by Crippen LogP contribution is 2.35. The zero-order valence-electron chi connectivity index (χ0n) is 21.2. The number of hydrazone groups is 1. The zero-order valence-corrected chi connectivity index (χ0v) is 21.2. The van der Waals surface area contributed by atoms with E-state index in [0.717, 1.165) is 23.7 Å². The SMILES string of the molecule is CCC(C)/C=N\N1C(C2CN(C(=O)c3cc4ccccc4n3C)CCC2C)=CC(C(F)F)=NC1C. The Hall–Kier alpha value is -3.03. The molecule has 4 unspecified atom stereocenters. The molecule has 0 saturated carbocycles. The van der Waals surface area contributed by atoms with Gasteiger partial charge in [-0.3, -0.25) is 9.79 Å². The Morgan fingerprint density at radius 2 is 2.03 bits per heavy atom. The van der Waals surface area contributed by atoms with E-state index in [1.807, 2.05) is 53.1 Å². The predicted octanol–water partition coefficient (Wildman–Crippen LogP) is 5.56. The Balaban J connectivity index is 1.65. The highest BCUT2D eigenvalue weighted by molar-refractivity contribution is 5.99. The molecule has 4 rings (SSSR count). The van der Waals surface area contributed by atoms with Crippen LogP contribution in [-0.4, -0.2) is 58.0 Å². The average molecular weight is 484 g/mol. The van der Waals surface area contributed by atoms with Gasteiger partial charge in [-0.15, -0.1) is 0 Å². The van der Waals surface area contributed by atoms with Crippen LogP contribution >= 0.6 is 0 Å². The molecule has 35 heavy (non-hydrogen) atoms. The largest absolute Gasteiger partial charge is 0.340 e. The van der Waals surface area contributed by atoms with Crippen LogP contribution in [0, 0.1) is 17.8 Å². The summed E-state index contributed by atoms with van der Waals surface area (Å²) in [6.45, 7) is 9.15. The molecule has 2 aromatic rings. The lowest BCUT2D eigenvalue weighted by Crippen LogP contribution is -2.47. The Bertz CT molecular complexity index is 1170. The third-order valence-corrected chi connectivity index (χ3v) is 7.36. The maximum Gasteiger partial charge on any atom is 0.280 e. The van der Waals surface area contributed by atoms with E-state index in [4.69, 9.17) is 0 Å². The van der Waals surface area contributed by atoms with Gasteiger partial charge in [0.15, 0.2) is 0 Å². The maximum atomic E-state index is 13.7. The second-order valence-electron chi connectivity index (χ2n) is 9.82. The Kier molecular flexibility index (Phi) is 7.38. The second-order valence-corrected chi connectivity index (χ2v) is 9.82. The zero-order chi connectivity index (χ0) is 25.3. The lowest BCUT2D eigenvalue weighted by molar-refractivity contribution is 0.0594. The molecule has 0 spiro atoms. The first-order chi connectivity index (χ1) is 16.7. The molecular formula is C27H35F2N5O. The number of aromatic nitrogens is 1. The van der Waals surface area contributed by atoms with Crippen LogP contribution in [0.1, 0.15) is 51.0 Å². The van der Waals surface area contributed by atoms with Gasteiger partial charge in [-0.2, -0.15) is 5.10 Å². The van der Waals surface area contributed by atoms with Crippen molar-refractivity contribution in [3.8, 4) is 0 Å². The number of aryl methyl sites for hydroxylation is 1. The van der Waals surface area contributed by atoms with E-state index in [1.54, 1.807) is 11.9 Å². The quantitative estimate of drug-likeness (QED) is 0.505. The number of amides is 1. The number of allylic oxidation sites excluding steroid dienone is 1. The fourth-order valence-corrected chi connectivity index (χ4v) is 4.89. The number of carbonyl (C=O) groups excluding carboxylic acids is 1. The number of hydrogen-bond acceptors (Lipinski definition) is 4. The summed E-state index contributed by atoms with van der Waals surface area (Å²) in [5.41, 5.74) is 2.13. The molecule has 6 nitrogen and oxygen atoms in total. The van der Waals surface area contributed by atoms with Crippen molar-refractivity contribution in [3.05, 3.63) is 47.8 Å². The van der Waals surface area contributed by atoms with Crippen molar-refractivity contribution in [1.82, 2.24) is 14.5 Å². The van der Waals surface area contributed by atoms with Crippen molar-refractivity contribution < 1.29 is 13.6 Å². The molecule has 2 aliphatic rings. The van der Waals surface area contributed by atoms with Crippen LogP contribution in [0.5, 0.6) is 0 Å². The van der Waals surface area contributed by atoms with Crippen LogP contribution < -0.4 is 0 Å². The van der Waals surface area contributed by atoms with Crippen molar-refractivity contribution >= 4 is 28.7 Å². The molecule has 4 atom stereocenters. The van der Waals surface area contributed by atoms with Gasteiger partial charge in [-0.25, -0.2) is 13.8 Å². The number of rotatable bonds is 6. The van der Waals surface area contributed by atoms with Gasteiger partial charge in [0.1, 0.15) is 17.6 Å². The molecule has 1 fully saturated rings. The number of hydrogen-bond donors (Lipinski definition) is 0. The molecule has 3 heterocycles. The number of carbonyl (C=O) groups is 1. The number of aliphatic imine (C=N–C) groups is 1. The number of alkyl halides is 2. The van der Waals surface area contributed by atoms with E-state index in [9.17, 15) is 13.6 Å². The van der Waals surface area contributed by atoms with Crippen molar-refractivity contribution in [2.24, 2.45) is 34.9 Å². The van der Waals surface area contributed by atoms with Crippen LogP contribution in [0.15, 0.2) is 52.2 Å². The van der Waals surface area contributed by atoms with E-state index in [1.165, 1.54) is 6.08 Å². The van der Waals surface area contributed by atoms with Gasteiger partial charge in [-0.05, 0) is 49.8 Å². The summed E-state index contributed by atoms with van der Waals surface area (Å²) >= 11 is 0. The summed E-state index contributed by atoms with van der Waals surface area (Å²) in [5, 5.41) is 7.46. The fourth-order valence-electron chi connectivity index (χ4n) is 4.89. The Morgan fingerprint density at radius 3 is 2.71 bits per heavy atom. The molecule has 1 saturated heterocycles. The van der Waals surface area contributed by atoms with Crippen LogP contribution in [-0.2, 0) is 7.05 Å². The van der Waals surface area contributed by atoms with Crippen LogP contribution in [0.4, 0.5) is 8.78 Å². The minimum atomic E-state index is -2.65. The first-order valence-electron chi connectivity index (χ1n) is 12.5. The van der Waals surface area contributed by atoms with Gasteiger partial charge in [0.25, 0.3) is 12.3 Å². The standard InChI is InChI=1S/C27H35F2N5O/c1-6-17(2)15-30-34-19(4)31-22(26(28)29)14-24(34)21-16-33(12-11-18(21)3)27(35)25-13-20-9-7-8-10-23(20)32(25)5/h7-10,13-15,17-19,21,26H,6,11-12,16H2,1-5H3/b30-15-. The van der Waals surface area contributed by atoms with E-state index >= 15 is 0 Å². The number of likely N-dealkylation sites (tertiary alicyclic amines) is 1. The molecule has 0 radical (unpaired) electrons. The highest BCUT2D eigenvalue weighted by Gasteiger charge is 2.37. The van der Waals surface area contributed by atoms with Crippen LogP contribution in [0.25, 0.3) is 10.9 Å². The monoisotopic (exact) mass is 483 g/mol. The molecular weight excluding hydrogens is 448 g/mol. The maximum absolute atomic E-state index is 13.7. The first-order valence-corrected chi connectivity index (χ1v) is 12.5. The van der Waals surface area contributed by atoms with Crippen molar-refractivity contribution in [2.45, 2.75) is 53.1 Å². The summed E-state index contributed by atoms with van der Waals surface area (Å²) in [7, 11) is 1.90.